The molecule has 0 radical (unpaired) electrons. The monoisotopic (exact) mass is 328 g/mol. The fraction of sp³-hybridized carbons (Fsp3) is 0.842. The van der Waals surface area contributed by atoms with E-state index in [1.54, 1.807) is 0 Å². The second-order valence-corrected chi connectivity index (χ2v) is 7.91. The van der Waals surface area contributed by atoms with Crippen molar-refractivity contribution >= 4 is 5.97 Å². The highest BCUT2D eigenvalue weighted by atomic mass is 16.6. The summed E-state index contributed by atoms with van der Waals surface area (Å²) in [6.45, 7) is 24.5. The van der Waals surface area contributed by atoms with Crippen molar-refractivity contribution in [2.75, 3.05) is 32.8 Å². The van der Waals surface area contributed by atoms with Gasteiger partial charge in [0.05, 0.1) is 37.4 Å². The molecule has 0 saturated heterocycles. The summed E-state index contributed by atoms with van der Waals surface area (Å²) in [4.78, 5) is 12.4. The van der Waals surface area contributed by atoms with E-state index in [0.717, 1.165) is 24.1 Å². The molecule has 0 bridgehead atoms. The molecule has 4 nitrogen and oxygen atoms in total. The van der Waals surface area contributed by atoms with Crippen molar-refractivity contribution in [2.24, 2.45) is 0 Å². The third-order valence-electron chi connectivity index (χ3n) is 4.44. The van der Waals surface area contributed by atoms with E-state index in [9.17, 15) is 4.79 Å². The third-order valence-corrected chi connectivity index (χ3v) is 4.44. The van der Waals surface area contributed by atoms with Gasteiger partial charge in [-0.05, 0) is 55.4 Å². The summed E-state index contributed by atoms with van der Waals surface area (Å²) in [5, 5.41) is 0. The number of likely N-dealkylation sites (N-methyl/N-ethyl adjacent to an activating group) is 1. The molecule has 0 atom stereocenters. The minimum absolute atomic E-state index is 0.176. The lowest BCUT2D eigenvalue weighted by molar-refractivity contribution is -0.918. The number of rotatable bonds is 10. The molecule has 0 aliphatic rings. The smallest absolute Gasteiger partial charge is 0.339 e. The minimum Gasteiger partial charge on any atom is -0.456 e. The lowest BCUT2D eigenvalue weighted by Crippen LogP contribution is -2.49. The number of hydrogen-bond acceptors (Lipinski definition) is 3. The molecular weight excluding hydrogens is 290 g/mol. The van der Waals surface area contributed by atoms with Crippen LogP contribution in [-0.4, -0.2) is 54.4 Å². The molecule has 0 unspecified atom stereocenters. The van der Waals surface area contributed by atoms with Crippen LogP contribution in [0, 0.1) is 0 Å². The zero-order valence-electron chi connectivity index (χ0n) is 16.6. The first kappa shape index (κ1) is 22.1. The molecule has 0 aliphatic heterocycles. The molecule has 0 heterocycles. The van der Waals surface area contributed by atoms with Gasteiger partial charge in [-0.15, -0.1) is 0 Å². The van der Waals surface area contributed by atoms with E-state index in [-0.39, 0.29) is 11.6 Å². The summed E-state index contributed by atoms with van der Waals surface area (Å²) >= 11 is 0. The van der Waals surface area contributed by atoms with Crippen molar-refractivity contribution in [3.05, 3.63) is 12.2 Å². The van der Waals surface area contributed by atoms with E-state index < -0.39 is 5.60 Å². The lowest BCUT2D eigenvalue weighted by atomic mass is 10.1. The second-order valence-electron chi connectivity index (χ2n) is 7.91. The van der Waals surface area contributed by atoms with Gasteiger partial charge in [0.15, 0.2) is 0 Å². The molecule has 4 heteroatoms. The van der Waals surface area contributed by atoms with E-state index in [0.29, 0.717) is 25.1 Å². The van der Waals surface area contributed by atoms with Crippen LogP contribution in [0.1, 0.15) is 61.8 Å². The first-order valence-electron chi connectivity index (χ1n) is 8.80. The van der Waals surface area contributed by atoms with E-state index >= 15 is 0 Å². The number of quaternary nitrogens is 1. The van der Waals surface area contributed by atoms with Crippen LogP contribution in [0.2, 0.25) is 0 Å². The topological polar surface area (TPSA) is 35.5 Å². The van der Waals surface area contributed by atoms with Crippen molar-refractivity contribution in [2.45, 2.75) is 73.0 Å². The molecule has 0 aromatic carbocycles. The van der Waals surface area contributed by atoms with Crippen molar-refractivity contribution in [1.82, 2.24) is 0 Å². The molecule has 23 heavy (non-hydrogen) atoms. The van der Waals surface area contributed by atoms with Crippen LogP contribution in [-0.2, 0) is 14.3 Å². The average Bonchev–Trinajstić information content (AvgIpc) is 2.42. The van der Waals surface area contributed by atoms with Gasteiger partial charge < -0.3 is 14.0 Å². The van der Waals surface area contributed by atoms with Crippen LogP contribution < -0.4 is 0 Å². The maximum absolute atomic E-state index is 12.4. The molecule has 0 rings (SSSR count). The summed E-state index contributed by atoms with van der Waals surface area (Å²) in [6.07, 6.45) is 0.665. The minimum atomic E-state index is -0.550. The summed E-state index contributed by atoms with van der Waals surface area (Å²) in [6, 6.07) is 0. The SMILES string of the molecule is C=C(C[N+](CC)(CC)CC)C(=O)OC(C)(C)CCOC(C)(C)C. The molecule has 0 spiro atoms. The molecule has 0 aromatic rings. The Labute approximate surface area is 143 Å². The van der Waals surface area contributed by atoms with Gasteiger partial charge in [0.2, 0.25) is 0 Å². The largest absolute Gasteiger partial charge is 0.456 e. The summed E-state index contributed by atoms with van der Waals surface area (Å²) < 4.78 is 12.3. The zero-order chi connectivity index (χ0) is 18.3. The van der Waals surface area contributed by atoms with Gasteiger partial charge in [0, 0.05) is 6.42 Å². The van der Waals surface area contributed by atoms with Gasteiger partial charge in [-0.1, -0.05) is 6.58 Å². The zero-order valence-corrected chi connectivity index (χ0v) is 16.6. The van der Waals surface area contributed by atoms with Crippen LogP contribution in [0.15, 0.2) is 12.2 Å². The highest BCUT2D eigenvalue weighted by molar-refractivity contribution is 5.88. The first-order valence-corrected chi connectivity index (χ1v) is 8.80. The molecule has 0 amide bonds. The highest BCUT2D eigenvalue weighted by Crippen LogP contribution is 2.20. The van der Waals surface area contributed by atoms with Crippen molar-refractivity contribution in [3.63, 3.8) is 0 Å². The van der Waals surface area contributed by atoms with Gasteiger partial charge in [-0.3, -0.25) is 0 Å². The summed E-state index contributed by atoms with van der Waals surface area (Å²) in [7, 11) is 0. The van der Waals surface area contributed by atoms with Gasteiger partial charge >= 0.3 is 5.97 Å². The molecule has 0 aliphatic carbocycles. The molecule has 136 valence electrons. The van der Waals surface area contributed by atoms with Crippen LogP contribution in [0.3, 0.4) is 0 Å². The molecule has 0 fully saturated rings. The number of ether oxygens (including phenoxy) is 2. The molecular formula is C19H38NO3+. The van der Waals surface area contributed by atoms with Gasteiger partial charge in [0.25, 0.3) is 0 Å². The summed E-state index contributed by atoms with van der Waals surface area (Å²) in [5.41, 5.74) is -0.171. The number of carbonyl (C=O) groups excluding carboxylic acids is 1. The molecule has 0 aromatic heterocycles. The van der Waals surface area contributed by atoms with E-state index in [4.69, 9.17) is 9.47 Å². The predicted octanol–water partition coefficient (Wildman–Crippen LogP) is 3.95. The Morgan fingerprint density at radius 2 is 1.48 bits per heavy atom. The lowest BCUT2D eigenvalue weighted by Gasteiger charge is -2.36. The summed E-state index contributed by atoms with van der Waals surface area (Å²) in [5.74, 6) is -0.288. The van der Waals surface area contributed by atoms with Crippen molar-refractivity contribution in [1.29, 1.82) is 0 Å². The Morgan fingerprint density at radius 3 is 1.87 bits per heavy atom. The van der Waals surface area contributed by atoms with Crippen LogP contribution in [0.25, 0.3) is 0 Å². The highest BCUT2D eigenvalue weighted by Gasteiger charge is 2.29. The van der Waals surface area contributed by atoms with Gasteiger partial charge in [-0.25, -0.2) is 4.79 Å². The quantitative estimate of drug-likeness (QED) is 0.346. The Bertz CT molecular complexity index is 382. The van der Waals surface area contributed by atoms with E-state index in [1.165, 1.54) is 0 Å². The van der Waals surface area contributed by atoms with Gasteiger partial charge in [-0.2, -0.15) is 0 Å². The number of esters is 1. The number of nitrogens with zero attached hydrogens (tertiary/aromatic N) is 1. The Hall–Kier alpha value is -0.870. The second kappa shape index (κ2) is 8.84. The fourth-order valence-corrected chi connectivity index (χ4v) is 2.45. The fourth-order valence-electron chi connectivity index (χ4n) is 2.45. The van der Waals surface area contributed by atoms with E-state index in [2.05, 4.69) is 27.4 Å². The Kier molecular flexibility index (Phi) is 8.50. The Balaban J connectivity index is 4.58. The van der Waals surface area contributed by atoms with Crippen LogP contribution >= 0.6 is 0 Å². The third kappa shape index (κ3) is 8.52. The van der Waals surface area contributed by atoms with Crippen LogP contribution in [0.5, 0.6) is 0 Å². The normalized spacial score (nSPS) is 13.0. The molecule has 0 N–H and O–H groups in total. The van der Waals surface area contributed by atoms with Crippen LogP contribution in [0.4, 0.5) is 0 Å². The van der Waals surface area contributed by atoms with Crippen molar-refractivity contribution in [3.8, 4) is 0 Å². The van der Waals surface area contributed by atoms with Gasteiger partial charge in [0.1, 0.15) is 12.1 Å². The molecule has 0 saturated carbocycles. The first-order chi connectivity index (χ1) is 10.4. The number of carbonyl (C=O) groups is 1. The van der Waals surface area contributed by atoms with Crippen molar-refractivity contribution < 1.29 is 18.8 Å². The number of hydrogen-bond donors (Lipinski definition) is 0. The predicted molar refractivity (Wildman–Crippen MR) is 96.4 cm³/mol. The average molecular weight is 329 g/mol. The maximum Gasteiger partial charge on any atom is 0.339 e. The standard InChI is InChI=1S/C19H38NO3/c1-10-20(11-2,12-3)15-16(4)17(21)23-19(8,9)13-14-22-18(5,6)7/h4,10-15H2,1-3,5-9H3/q+1. The maximum atomic E-state index is 12.4. The van der Waals surface area contributed by atoms with E-state index in [1.807, 2.05) is 34.6 Å². The Morgan fingerprint density at radius 1 is 1.00 bits per heavy atom.